The first-order valence-electron chi connectivity index (χ1n) is 9.23. The van der Waals surface area contributed by atoms with Gasteiger partial charge >= 0.3 is 0 Å². The lowest BCUT2D eigenvalue weighted by Crippen LogP contribution is -2.27. The highest BCUT2D eigenvalue weighted by molar-refractivity contribution is 5.92. The third-order valence-electron chi connectivity index (χ3n) is 4.81. The largest absolute Gasteiger partial charge is 0.347 e. The molecule has 136 valence electrons. The van der Waals surface area contributed by atoms with Gasteiger partial charge in [0.1, 0.15) is 0 Å². The standard InChI is InChI=1S/C22H22N4O/c1-16-6-4-7-17(14-16)15-23-22(27)19-11-12-21(25-24-19)26-13-5-9-18-8-2-3-10-20(18)26/h2-4,6-8,10-12,14H,5,9,13,15H2,1H3,(H,23,27). The summed E-state index contributed by atoms with van der Waals surface area (Å²) in [7, 11) is 0. The van der Waals surface area contributed by atoms with Gasteiger partial charge in [-0.2, -0.15) is 0 Å². The van der Waals surface area contributed by atoms with Crippen LogP contribution in [0.4, 0.5) is 11.5 Å². The molecule has 0 bridgehead atoms. The highest BCUT2D eigenvalue weighted by Crippen LogP contribution is 2.31. The molecular weight excluding hydrogens is 336 g/mol. The molecule has 1 aliphatic heterocycles. The van der Waals surface area contributed by atoms with E-state index < -0.39 is 0 Å². The maximum Gasteiger partial charge on any atom is 0.272 e. The van der Waals surface area contributed by atoms with E-state index in [0.717, 1.165) is 30.8 Å². The van der Waals surface area contributed by atoms with Gasteiger partial charge in [0.15, 0.2) is 11.5 Å². The van der Waals surface area contributed by atoms with Crippen molar-refractivity contribution in [3.05, 3.63) is 83.0 Å². The van der Waals surface area contributed by atoms with Crippen molar-refractivity contribution in [3.8, 4) is 0 Å². The number of benzene rings is 2. The van der Waals surface area contributed by atoms with Gasteiger partial charge in [0.2, 0.25) is 0 Å². The fourth-order valence-corrected chi connectivity index (χ4v) is 3.46. The number of carbonyl (C=O) groups excluding carboxylic acids is 1. The summed E-state index contributed by atoms with van der Waals surface area (Å²) in [5.74, 6) is 0.562. The second kappa shape index (κ2) is 7.58. The number of nitrogens with one attached hydrogen (secondary N) is 1. The fourth-order valence-electron chi connectivity index (χ4n) is 3.46. The van der Waals surface area contributed by atoms with Crippen LogP contribution in [0, 0.1) is 6.92 Å². The Morgan fingerprint density at radius 2 is 1.96 bits per heavy atom. The minimum absolute atomic E-state index is 0.213. The van der Waals surface area contributed by atoms with Gasteiger partial charge in [-0.05, 0) is 49.1 Å². The molecule has 1 aliphatic rings. The summed E-state index contributed by atoms with van der Waals surface area (Å²) in [6, 6.07) is 20.1. The second-order valence-electron chi connectivity index (χ2n) is 6.83. The molecule has 1 aromatic heterocycles. The van der Waals surface area contributed by atoms with Gasteiger partial charge in [0, 0.05) is 18.8 Å². The van der Waals surface area contributed by atoms with Crippen LogP contribution in [0.3, 0.4) is 0 Å². The number of anilines is 2. The van der Waals surface area contributed by atoms with Crippen LogP contribution in [0.25, 0.3) is 0 Å². The van der Waals surface area contributed by atoms with Gasteiger partial charge in [-0.15, -0.1) is 10.2 Å². The molecule has 2 aromatic carbocycles. The Morgan fingerprint density at radius 1 is 1.07 bits per heavy atom. The van der Waals surface area contributed by atoms with E-state index in [-0.39, 0.29) is 5.91 Å². The zero-order valence-corrected chi connectivity index (χ0v) is 15.4. The van der Waals surface area contributed by atoms with Gasteiger partial charge in [-0.3, -0.25) is 4.79 Å². The number of para-hydroxylation sites is 1. The van der Waals surface area contributed by atoms with E-state index in [9.17, 15) is 4.79 Å². The van der Waals surface area contributed by atoms with Crippen LogP contribution in [0.2, 0.25) is 0 Å². The molecule has 0 atom stereocenters. The summed E-state index contributed by atoms with van der Waals surface area (Å²) in [6.07, 6.45) is 2.16. The first-order chi connectivity index (χ1) is 13.2. The van der Waals surface area contributed by atoms with Crippen LogP contribution in [0.5, 0.6) is 0 Å². The lowest BCUT2D eigenvalue weighted by molar-refractivity contribution is 0.0945. The number of hydrogen-bond donors (Lipinski definition) is 1. The number of aromatic nitrogens is 2. The Bertz CT molecular complexity index is 953. The number of rotatable bonds is 4. The molecule has 0 fully saturated rings. The summed E-state index contributed by atoms with van der Waals surface area (Å²) in [6.45, 7) is 3.42. The van der Waals surface area contributed by atoms with Gasteiger partial charge in [-0.25, -0.2) is 0 Å². The summed E-state index contributed by atoms with van der Waals surface area (Å²) in [5.41, 5.74) is 5.07. The second-order valence-corrected chi connectivity index (χ2v) is 6.83. The van der Waals surface area contributed by atoms with Crippen molar-refractivity contribution in [2.24, 2.45) is 0 Å². The van der Waals surface area contributed by atoms with Crippen molar-refractivity contribution in [3.63, 3.8) is 0 Å². The Kier molecular flexibility index (Phi) is 4.83. The zero-order valence-electron chi connectivity index (χ0n) is 15.4. The predicted octanol–water partition coefficient (Wildman–Crippen LogP) is 3.80. The highest BCUT2D eigenvalue weighted by Gasteiger charge is 2.19. The van der Waals surface area contributed by atoms with Crippen molar-refractivity contribution >= 4 is 17.4 Å². The van der Waals surface area contributed by atoms with Crippen LogP contribution < -0.4 is 10.2 Å². The topological polar surface area (TPSA) is 58.1 Å². The van der Waals surface area contributed by atoms with E-state index in [4.69, 9.17) is 0 Å². The minimum atomic E-state index is -0.213. The van der Waals surface area contributed by atoms with Crippen LogP contribution in [0.1, 0.15) is 33.6 Å². The van der Waals surface area contributed by atoms with Gasteiger partial charge < -0.3 is 10.2 Å². The predicted molar refractivity (Wildman–Crippen MR) is 106 cm³/mol. The number of aryl methyl sites for hydroxylation is 2. The molecule has 0 saturated carbocycles. The monoisotopic (exact) mass is 358 g/mol. The number of fused-ring (bicyclic) bond motifs is 1. The average Bonchev–Trinajstić information content (AvgIpc) is 2.72. The number of hydrogen-bond acceptors (Lipinski definition) is 4. The van der Waals surface area contributed by atoms with E-state index >= 15 is 0 Å². The maximum atomic E-state index is 12.4. The van der Waals surface area contributed by atoms with Crippen LogP contribution >= 0.6 is 0 Å². The molecule has 0 aliphatic carbocycles. The Hall–Kier alpha value is -3.21. The number of carbonyl (C=O) groups is 1. The first kappa shape index (κ1) is 17.2. The molecule has 2 heterocycles. The van der Waals surface area contributed by atoms with Crippen molar-refractivity contribution in [2.45, 2.75) is 26.3 Å². The zero-order chi connectivity index (χ0) is 18.6. The summed E-state index contributed by atoms with van der Waals surface area (Å²) < 4.78 is 0. The molecule has 0 saturated heterocycles. The lowest BCUT2D eigenvalue weighted by Gasteiger charge is -2.29. The Labute approximate surface area is 159 Å². The first-order valence-corrected chi connectivity index (χ1v) is 9.23. The molecule has 27 heavy (non-hydrogen) atoms. The van der Waals surface area contributed by atoms with Crippen LogP contribution in [0.15, 0.2) is 60.7 Å². The average molecular weight is 358 g/mol. The molecule has 5 heteroatoms. The minimum Gasteiger partial charge on any atom is -0.347 e. The van der Waals surface area contributed by atoms with Crippen molar-refractivity contribution in [1.82, 2.24) is 15.5 Å². The van der Waals surface area contributed by atoms with Gasteiger partial charge in [-0.1, -0.05) is 48.0 Å². The molecule has 1 N–H and O–H groups in total. The van der Waals surface area contributed by atoms with Crippen molar-refractivity contribution in [1.29, 1.82) is 0 Å². The van der Waals surface area contributed by atoms with Crippen LogP contribution in [-0.2, 0) is 13.0 Å². The smallest absolute Gasteiger partial charge is 0.272 e. The quantitative estimate of drug-likeness (QED) is 0.771. The van der Waals surface area contributed by atoms with E-state index in [2.05, 4.69) is 44.7 Å². The molecule has 4 rings (SSSR count). The summed E-state index contributed by atoms with van der Waals surface area (Å²) in [5, 5.41) is 11.4. The molecule has 0 unspecified atom stereocenters. The molecule has 0 radical (unpaired) electrons. The fraction of sp³-hybridized carbons (Fsp3) is 0.227. The molecule has 3 aromatic rings. The Morgan fingerprint density at radius 3 is 2.78 bits per heavy atom. The third-order valence-corrected chi connectivity index (χ3v) is 4.81. The van der Waals surface area contributed by atoms with Crippen molar-refractivity contribution < 1.29 is 4.79 Å². The molecule has 5 nitrogen and oxygen atoms in total. The number of amides is 1. The van der Waals surface area contributed by atoms with Crippen LogP contribution in [-0.4, -0.2) is 22.6 Å². The van der Waals surface area contributed by atoms with E-state index in [0.29, 0.717) is 12.2 Å². The van der Waals surface area contributed by atoms with Gasteiger partial charge in [0.05, 0.1) is 0 Å². The normalized spacial score (nSPS) is 13.1. The molecule has 0 spiro atoms. The molecular formula is C22H22N4O. The van der Waals surface area contributed by atoms with Crippen molar-refractivity contribution in [2.75, 3.05) is 11.4 Å². The van der Waals surface area contributed by atoms with Gasteiger partial charge in [0.25, 0.3) is 5.91 Å². The molecule has 1 amide bonds. The Balaban J connectivity index is 1.45. The third kappa shape index (κ3) is 3.82. The van der Waals surface area contributed by atoms with E-state index in [1.54, 1.807) is 6.07 Å². The number of nitrogens with zero attached hydrogens (tertiary/aromatic N) is 3. The SMILES string of the molecule is Cc1cccc(CNC(=O)c2ccc(N3CCCc4ccccc43)nn2)c1. The van der Waals surface area contributed by atoms with E-state index in [1.165, 1.54) is 16.8 Å². The van der Waals surface area contributed by atoms with E-state index in [1.807, 2.05) is 37.3 Å². The lowest BCUT2D eigenvalue weighted by atomic mass is 10.0. The summed E-state index contributed by atoms with van der Waals surface area (Å²) in [4.78, 5) is 14.5. The summed E-state index contributed by atoms with van der Waals surface area (Å²) >= 11 is 0. The maximum absolute atomic E-state index is 12.4. The highest BCUT2D eigenvalue weighted by atomic mass is 16.1.